The molecule has 1 aromatic carbocycles. The van der Waals surface area contributed by atoms with Gasteiger partial charge in [0.25, 0.3) is 0 Å². The third kappa shape index (κ3) is 3.57. The van der Waals surface area contributed by atoms with Gasteiger partial charge in [-0.1, -0.05) is 6.07 Å². The van der Waals surface area contributed by atoms with E-state index >= 15 is 0 Å². The van der Waals surface area contributed by atoms with E-state index in [1.807, 2.05) is 17.4 Å². The van der Waals surface area contributed by atoms with Crippen molar-refractivity contribution in [1.29, 1.82) is 0 Å². The molecule has 2 amide bonds. The molecule has 136 valence electrons. The topological polar surface area (TPSA) is 67.4 Å². The summed E-state index contributed by atoms with van der Waals surface area (Å²) in [6.45, 7) is 0. The van der Waals surface area contributed by atoms with Crippen LogP contribution in [0.5, 0.6) is 5.75 Å². The monoisotopic (exact) mass is 356 g/mol. The number of hydrogen-bond acceptors (Lipinski definition) is 3. The van der Waals surface area contributed by atoms with Gasteiger partial charge < -0.3 is 15.4 Å². The molecular formula is C17H19F3N2O3. The number of aryl methyl sites for hydroxylation is 1. The summed E-state index contributed by atoms with van der Waals surface area (Å²) in [5.74, 6) is -1.73. The standard InChI is InChI=1S/C17H19F3N2O3/c1-25-10-3-4-11-9(8-10)2-6-13(11)21-15(23)12-5-7-14(17(18,19)20)22-16(12)24/h3-4,8,12-14H,2,5-7H2,1H3,(H,21,23)(H,22,24). The lowest BCUT2D eigenvalue weighted by Gasteiger charge is -2.30. The Bertz CT molecular complexity index is 690. The van der Waals surface area contributed by atoms with Crippen LogP contribution in [0.25, 0.3) is 0 Å². The molecule has 1 heterocycles. The van der Waals surface area contributed by atoms with Gasteiger partial charge in [-0.15, -0.1) is 0 Å². The summed E-state index contributed by atoms with van der Waals surface area (Å²) in [5, 5.41) is 4.71. The third-order valence-electron chi connectivity index (χ3n) is 4.83. The van der Waals surface area contributed by atoms with Gasteiger partial charge in [0, 0.05) is 0 Å². The minimum Gasteiger partial charge on any atom is -0.497 e. The summed E-state index contributed by atoms with van der Waals surface area (Å²) < 4.78 is 43.2. The van der Waals surface area contributed by atoms with Gasteiger partial charge in [0.05, 0.1) is 13.2 Å². The number of methoxy groups -OCH3 is 1. The van der Waals surface area contributed by atoms with Gasteiger partial charge in [-0.25, -0.2) is 0 Å². The van der Waals surface area contributed by atoms with Crippen LogP contribution in [-0.2, 0) is 16.0 Å². The number of halogens is 3. The fraction of sp³-hybridized carbons (Fsp3) is 0.529. The maximum atomic E-state index is 12.7. The highest BCUT2D eigenvalue weighted by Gasteiger charge is 2.46. The molecule has 25 heavy (non-hydrogen) atoms. The number of benzene rings is 1. The van der Waals surface area contributed by atoms with E-state index in [2.05, 4.69) is 5.32 Å². The molecular weight excluding hydrogens is 337 g/mol. The number of ether oxygens (including phenoxy) is 1. The molecule has 0 saturated carbocycles. The summed E-state index contributed by atoms with van der Waals surface area (Å²) in [4.78, 5) is 24.3. The van der Waals surface area contributed by atoms with E-state index < -0.39 is 30.0 Å². The van der Waals surface area contributed by atoms with Crippen LogP contribution in [0.15, 0.2) is 18.2 Å². The van der Waals surface area contributed by atoms with Crippen molar-refractivity contribution in [2.24, 2.45) is 5.92 Å². The Morgan fingerprint density at radius 3 is 2.68 bits per heavy atom. The first-order chi connectivity index (χ1) is 11.8. The number of nitrogens with one attached hydrogen (secondary N) is 2. The smallest absolute Gasteiger partial charge is 0.408 e. The van der Waals surface area contributed by atoms with Crippen molar-refractivity contribution in [3.8, 4) is 5.75 Å². The van der Waals surface area contributed by atoms with Crippen LogP contribution < -0.4 is 15.4 Å². The normalized spacial score (nSPS) is 25.9. The van der Waals surface area contributed by atoms with E-state index in [0.29, 0.717) is 6.42 Å². The van der Waals surface area contributed by atoms with Gasteiger partial charge in [-0.2, -0.15) is 13.2 Å². The Balaban J connectivity index is 1.64. The lowest BCUT2D eigenvalue weighted by molar-refractivity contribution is -0.171. The van der Waals surface area contributed by atoms with Gasteiger partial charge in [0.1, 0.15) is 17.7 Å². The second-order valence-corrected chi connectivity index (χ2v) is 6.40. The SMILES string of the molecule is COc1ccc2c(c1)CCC2NC(=O)C1CCC(C(F)(F)F)NC1=O. The van der Waals surface area contributed by atoms with E-state index in [1.165, 1.54) is 0 Å². The molecule has 3 unspecified atom stereocenters. The number of fused-ring (bicyclic) bond motifs is 1. The maximum absolute atomic E-state index is 12.7. The van der Waals surface area contributed by atoms with Crippen LogP contribution >= 0.6 is 0 Å². The van der Waals surface area contributed by atoms with E-state index in [4.69, 9.17) is 4.74 Å². The summed E-state index contributed by atoms with van der Waals surface area (Å²) in [6, 6.07) is 3.46. The van der Waals surface area contributed by atoms with E-state index in [0.717, 1.165) is 23.3 Å². The number of hydrogen-bond donors (Lipinski definition) is 2. The van der Waals surface area contributed by atoms with Crippen molar-refractivity contribution >= 4 is 11.8 Å². The minimum atomic E-state index is -4.49. The first kappa shape index (κ1) is 17.6. The highest BCUT2D eigenvalue weighted by atomic mass is 19.4. The summed E-state index contributed by atoms with van der Waals surface area (Å²) in [6.07, 6.45) is -3.42. The molecule has 8 heteroatoms. The minimum absolute atomic E-state index is 0.107. The molecule has 0 radical (unpaired) electrons. The van der Waals surface area contributed by atoms with Crippen LogP contribution in [0.4, 0.5) is 13.2 Å². The lowest BCUT2D eigenvalue weighted by atomic mass is 9.92. The molecule has 0 aromatic heterocycles. The number of rotatable bonds is 3. The molecule has 1 aliphatic carbocycles. The summed E-state index contributed by atoms with van der Waals surface area (Å²) in [7, 11) is 1.58. The average molecular weight is 356 g/mol. The number of piperidine rings is 1. The molecule has 0 bridgehead atoms. The second kappa shape index (κ2) is 6.57. The zero-order chi connectivity index (χ0) is 18.2. The van der Waals surface area contributed by atoms with Crippen LogP contribution in [0, 0.1) is 5.92 Å². The molecule has 3 atom stereocenters. The first-order valence-corrected chi connectivity index (χ1v) is 8.14. The highest BCUT2D eigenvalue weighted by Crippen LogP contribution is 2.34. The Morgan fingerprint density at radius 2 is 2.04 bits per heavy atom. The number of alkyl halides is 3. The molecule has 1 fully saturated rings. The highest BCUT2D eigenvalue weighted by molar-refractivity contribution is 6.01. The number of carbonyl (C=O) groups is 2. The van der Waals surface area contributed by atoms with Crippen molar-refractivity contribution < 1.29 is 27.5 Å². The van der Waals surface area contributed by atoms with Gasteiger partial charge in [-0.3, -0.25) is 9.59 Å². The first-order valence-electron chi connectivity index (χ1n) is 8.14. The molecule has 0 spiro atoms. The molecule has 1 aromatic rings. The third-order valence-corrected chi connectivity index (χ3v) is 4.83. The number of carbonyl (C=O) groups excluding carboxylic acids is 2. The maximum Gasteiger partial charge on any atom is 0.408 e. The van der Waals surface area contributed by atoms with Gasteiger partial charge >= 0.3 is 6.18 Å². The van der Waals surface area contributed by atoms with Crippen molar-refractivity contribution in [2.45, 2.75) is 43.9 Å². The Morgan fingerprint density at radius 1 is 1.28 bits per heavy atom. The fourth-order valence-electron chi connectivity index (χ4n) is 3.45. The Kier molecular flexibility index (Phi) is 4.62. The predicted octanol–water partition coefficient (Wildman–Crippen LogP) is 2.26. The largest absolute Gasteiger partial charge is 0.497 e. The molecule has 2 N–H and O–H groups in total. The zero-order valence-corrected chi connectivity index (χ0v) is 13.7. The van der Waals surface area contributed by atoms with E-state index in [-0.39, 0.29) is 18.9 Å². The van der Waals surface area contributed by atoms with Crippen molar-refractivity contribution in [3.05, 3.63) is 29.3 Å². The van der Waals surface area contributed by atoms with Gasteiger partial charge in [0.2, 0.25) is 11.8 Å². The van der Waals surface area contributed by atoms with Crippen LogP contribution in [-0.4, -0.2) is 31.1 Å². The van der Waals surface area contributed by atoms with Crippen LogP contribution in [0.3, 0.4) is 0 Å². The second-order valence-electron chi connectivity index (χ2n) is 6.40. The van der Waals surface area contributed by atoms with E-state index in [9.17, 15) is 22.8 Å². The van der Waals surface area contributed by atoms with Crippen molar-refractivity contribution in [2.75, 3.05) is 7.11 Å². The van der Waals surface area contributed by atoms with Crippen LogP contribution in [0.2, 0.25) is 0 Å². The molecule has 1 aliphatic heterocycles. The Hall–Kier alpha value is -2.25. The van der Waals surface area contributed by atoms with Gasteiger partial charge in [-0.05, 0) is 48.9 Å². The van der Waals surface area contributed by atoms with Crippen molar-refractivity contribution in [1.82, 2.24) is 10.6 Å². The summed E-state index contributed by atoms with van der Waals surface area (Å²) in [5.41, 5.74) is 2.02. The Labute approximate surface area is 142 Å². The average Bonchev–Trinajstić information content (AvgIpc) is 2.95. The zero-order valence-electron chi connectivity index (χ0n) is 13.7. The van der Waals surface area contributed by atoms with Crippen LogP contribution in [0.1, 0.15) is 36.4 Å². The number of amides is 2. The molecule has 2 aliphatic rings. The van der Waals surface area contributed by atoms with Crippen molar-refractivity contribution in [3.63, 3.8) is 0 Å². The van der Waals surface area contributed by atoms with E-state index in [1.54, 1.807) is 13.2 Å². The molecule has 1 saturated heterocycles. The quantitative estimate of drug-likeness (QED) is 0.817. The molecule has 3 rings (SSSR count). The predicted molar refractivity (Wildman–Crippen MR) is 82.9 cm³/mol. The molecule has 5 nitrogen and oxygen atoms in total. The van der Waals surface area contributed by atoms with Gasteiger partial charge in [0.15, 0.2) is 0 Å². The fourth-order valence-corrected chi connectivity index (χ4v) is 3.45. The summed E-state index contributed by atoms with van der Waals surface area (Å²) >= 11 is 0. The lowest BCUT2D eigenvalue weighted by Crippen LogP contribution is -2.54.